The summed E-state index contributed by atoms with van der Waals surface area (Å²) in [5.74, 6) is -0.544. The van der Waals surface area contributed by atoms with E-state index in [0.717, 1.165) is 6.42 Å². The van der Waals surface area contributed by atoms with Gasteiger partial charge in [-0.1, -0.05) is 20.8 Å². The fourth-order valence-electron chi connectivity index (χ4n) is 1.25. The molecule has 0 aliphatic heterocycles. The Morgan fingerprint density at radius 1 is 1.35 bits per heavy atom. The highest BCUT2D eigenvalue weighted by atomic mass is 16.3. The molecule has 94 valence electrons. The summed E-state index contributed by atoms with van der Waals surface area (Å²) < 4.78 is 0. The predicted octanol–water partition coefficient (Wildman–Crippen LogP) is 2.26. The third-order valence-corrected chi connectivity index (χ3v) is 2.91. The lowest BCUT2D eigenvalue weighted by molar-refractivity contribution is 0.0932. The summed E-state index contributed by atoms with van der Waals surface area (Å²) in [5, 5.41) is 21.5. The molecule has 0 aliphatic carbocycles. The molecule has 0 heterocycles. The van der Waals surface area contributed by atoms with E-state index in [1.54, 1.807) is 0 Å². The predicted molar refractivity (Wildman–Crippen MR) is 66.2 cm³/mol. The van der Waals surface area contributed by atoms with Crippen LogP contribution in [0.3, 0.4) is 0 Å². The number of aromatic hydroxyl groups is 2. The Morgan fingerprint density at radius 3 is 2.59 bits per heavy atom. The lowest BCUT2D eigenvalue weighted by atomic mass is 9.90. The van der Waals surface area contributed by atoms with Gasteiger partial charge in [0.25, 0.3) is 5.91 Å². The van der Waals surface area contributed by atoms with Crippen LogP contribution in [0.2, 0.25) is 0 Å². The van der Waals surface area contributed by atoms with Crippen LogP contribution in [0, 0.1) is 5.41 Å². The van der Waals surface area contributed by atoms with Gasteiger partial charge in [0, 0.05) is 6.54 Å². The van der Waals surface area contributed by atoms with Gasteiger partial charge in [-0.15, -0.1) is 0 Å². The zero-order valence-corrected chi connectivity index (χ0v) is 10.4. The Kier molecular flexibility index (Phi) is 3.99. The highest BCUT2D eigenvalue weighted by molar-refractivity contribution is 5.97. The zero-order valence-electron chi connectivity index (χ0n) is 10.4. The van der Waals surface area contributed by atoms with Crippen molar-refractivity contribution in [3.8, 4) is 11.5 Å². The second-order valence-corrected chi connectivity index (χ2v) is 4.90. The molecule has 4 heteroatoms. The number of carbonyl (C=O) groups excluding carboxylic acids is 1. The van der Waals surface area contributed by atoms with E-state index < -0.39 is 0 Å². The molecule has 0 bridgehead atoms. The van der Waals surface area contributed by atoms with Gasteiger partial charge in [-0.05, 0) is 30.0 Å². The van der Waals surface area contributed by atoms with Gasteiger partial charge in [-0.3, -0.25) is 4.79 Å². The Balaban J connectivity index is 2.74. The van der Waals surface area contributed by atoms with E-state index >= 15 is 0 Å². The quantitative estimate of drug-likeness (QED) is 0.703. The van der Waals surface area contributed by atoms with E-state index in [4.69, 9.17) is 0 Å². The van der Waals surface area contributed by atoms with Gasteiger partial charge in [-0.2, -0.15) is 0 Å². The van der Waals surface area contributed by atoms with E-state index in [-0.39, 0.29) is 28.4 Å². The van der Waals surface area contributed by atoms with E-state index in [1.807, 2.05) is 0 Å². The van der Waals surface area contributed by atoms with Crippen LogP contribution in [0.1, 0.15) is 37.6 Å². The summed E-state index contributed by atoms with van der Waals surface area (Å²) >= 11 is 0. The average Bonchev–Trinajstić information content (AvgIpc) is 2.29. The molecule has 0 unspecified atom stereocenters. The topological polar surface area (TPSA) is 69.6 Å². The lowest BCUT2D eigenvalue weighted by Crippen LogP contribution is -2.33. The second-order valence-electron chi connectivity index (χ2n) is 4.90. The third-order valence-electron chi connectivity index (χ3n) is 2.91. The number of hydrogen-bond acceptors (Lipinski definition) is 3. The van der Waals surface area contributed by atoms with Gasteiger partial charge < -0.3 is 15.5 Å². The molecular weight excluding hydrogens is 218 g/mol. The average molecular weight is 237 g/mol. The minimum atomic E-state index is -0.375. The molecule has 1 rings (SSSR count). The van der Waals surface area contributed by atoms with Crippen molar-refractivity contribution in [1.29, 1.82) is 0 Å². The molecule has 0 saturated carbocycles. The van der Waals surface area contributed by atoms with Crippen LogP contribution in [-0.4, -0.2) is 22.7 Å². The van der Waals surface area contributed by atoms with Crippen LogP contribution < -0.4 is 5.32 Å². The van der Waals surface area contributed by atoms with Crippen LogP contribution in [0.25, 0.3) is 0 Å². The van der Waals surface area contributed by atoms with E-state index in [0.29, 0.717) is 6.54 Å². The van der Waals surface area contributed by atoms with Crippen molar-refractivity contribution in [3.05, 3.63) is 23.8 Å². The number of phenols is 2. The van der Waals surface area contributed by atoms with E-state index in [9.17, 15) is 15.0 Å². The summed E-state index contributed by atoms with van der Waals surface area (Å²) in [6.07, 6.45) is 0.944. The number of phenolic OH excluding ortho intramolecular Hbond substituents is 2. The lowest BCUT2D eigenvalue weighted by Gasteiger charge is -2.22. The molecule has 0 radical (unpaired) electrons. The Labute approximate surface area is 101 Å². The van der Waals surface area contributed by atoms with Gasteiger partial charge in [0.15, 0.2) is 0 Å². The van der Waals surface area contributed by atoms with Crippen LogP contribution >= 0.6 is 0 Å². The monoisotopic (exact) mass is 237 g/mol. The van der Waals surface area contributed by atoms with Crippen LogP contribution in [0.15, 0.2) is 18.2 Å². The van der Waals surface area contributed by atoms with Gasteiger partial charge in [0.1, 0.15) is 11.5 Å². The Morgan fingerprint density at radius 2 is 2.00 bits per heavy atom. The molecular formula is C13H19NO3. The summed E-state index contributed by atoms with van der Waals surface area (Å²) in [6.45, 7) is 6.68. The zero-order chi connectivity index (χ0) is 13.1. The number of rotatable bonds is 4. The van der Waals surface area contributed by atoms with Crippen LogP contribution in [-0.2, 0) is 0 Å². The maximum absolute atomic E-state index is 11.8. The van der Waals surface area contributed by atoms with Crippen LogP contribution in [0.4, 0.5) is 0 Å². The van der Waals surface area contributed by atoms with Crippen molar-refractivity contribution in [1.82, 2.24) is 5.32 Å². The molecule has 0 saturated heterocycles. The first kappa shape index (κ1) is 13.4. The van der Waals surface area contributed by atoms with Crippen molar-refractivity contribution in [2.45, 2.75) is 27.2 Å². The maximum Gasteiger partial charge on any atom is 0.255 e. The number of hydrogen-bond donors (Lipinski definition) is 3. The first-order valence-corrected chi connectivity index (χ1v) is 5.66. The Hall–Kier alpha value is -1.71. The minimum absolute atomic E-state index is 0.0160. The molecule has 0 aliphatic rings. The molecule has 0 fully saturated rings. The Bertz CT molecular complexity index is 413. The second kappa shape index (κ2) is 5.08. The van der Waals surface area contributed by atoms with Gasteiger partial charge in [0.05, 0.1) is 5.56 Å². The van der Waals surface area contributed by atoms with E-state index in [1.165, 1.54) is 18.2 Å². The highest BCUT2D eigenvalue weighted by Crippen LogP contribution is 2.23. The normalized spacial score (nSPS) is 11.2. The van der Waals surface area contributed by atoms with Crippen LogP contribution in [0.5, 0.6) is 11.5 Å². The molecule has 17 heavy (non-hydrogen) atoms. The van der Waals surface area contributed by atoms with Gasteiger partial charge in [0.2, 0.25) is 0 Å². The molecule has 3 N–H and O–H groups in total. The molecule has 0 spiro atoms. The highest BCUT2D eigenvalue weighted by Gasteiger charge is 2.18. The number of carbonyl (C=O) groups is 1. The molecule has 1 aromatic rings. The summed E-state index contributed by atoms with van der Waals surface area (Å²) in [5.41, 5.74) is 0.110. The molecule has 4 nitrogen and oxygen atoms in total. The summed E-state index contributed by atoms with van der Waals surface area (Å²) in [7, 11) is 0. The standard InChI is InChI=1S/C13H19NO3/c1-4-13(2,3)8-14-12(17)10-7-9(15)5-6-11(10)16/h5-7,15-16H,4,8H2,1-3H3,(H,14,17). The molecule has 0 aromatic heterocycles. The number of benzene rings is 1. The summed E-state index contributed by atoms with van der Waals surface area (Å²) in [6, 6.07) is 3.89. The van der Waals surface area contributed by atoms with Crippen molar-refractivity contribution in [3.63, 3.8) is 0 Å². The smallest absolute Gasteiger partial charge is 0.255 e. The fraction of sp³-hybridized carbons (Fsp3) is 0.462. The molecule has 1 amide bonds. The van der Waals surface area contributed by atoms with Gasteiger partial charge in [-0.25, -0.2) is 0 Å². The largest absolute Gasteiger partial charge is 0.508 e. The minimum Gasteiger partial charge on any atom is -0.508 e. The number of amides is 1. The fourth-order valence-corrected chi connectivity index (χ4v) is 1.25. The molecule has 1 aromatic carbocycles. The van der Waals surface area contributed by atoms with Crippen molar-refractivity contribution in [2.24, 2.45) is 5.41 Å². The SMILES string of the molecule is CCC(C)(C)CNC(=O)c1cc(O)ccc1O. The first-order chi connectivity index (χ1) is 7.85. The molecule has 0 atom stereocenters. The van der Waals surface area contributed by atoms with Crippen molar-refractivity contribution in [2.75, 3.05) is 6.54 Å². The third kappa shape index (κ3) is 3.66. The first-order valence-electron chi connectivity index (χ1n) is 5.66. The van der Waals surface area contributed by atoms with Crippen molar-refractivity contribution < 1.29 is 15.0 Å². The van der Waals surface area contributed by atoms with Crippen molar-refractivity contribution >= 4 is 5.91 Å². The van der Waals surface area contributed by atoms with E-state index in [2.05, 4.69) is 26.1 Å². The number of nitrogens with one attached hydrogen (secondary N) is 1. The summed E-state index contributed by atoms with van der Waals surface area (Å²) in [4.78, 5) is 11.8. The maximum atomic E-state index is 11.8. The van der Waals surface area contributed by atoms with Gasteiger partial charge >= 0.3 is 0 Å².